The Morgan fingerprint density at radius 2 is 2.26 bits per heavy atom. The van der Waals surface area contributed by atoms with Gasteiger partial charge in [0, 0.05) is 6.54 Å². The van der Waals surface area contributed by atoms with Crippen LogP contribution in [0.1, 0.15) is 42.1 Å². The van der Waals surface area contributed by atoms with E-state index in [4.69, 9.17) is 5.11 Å². The van der Waals surface area contributed by atoms with E-state index in [9.17, 15) is 9.18 Å². The van der Waals surface area contributed by atoms with Crippen LogP contribution >= 0.6 is 0 Å². The maximum atomic E-state index is 13.5. The number of benzene rings is 1. The van der Waals surface area contributed by atoms with E-state index in [1.54, 1.807) is 6.07 Å². The second-order valence-electron chi connectivity index (χ2n) is 5.42. The second-order valence-corrected chi connectivity index (χ2v) is 5.42. The number of halogens is 1. The lowest BCUT2D eigenvalue weighted by atomic mass is 9.98. The molecule has 2 rings (SSSR count). The number of hydrogen-bond acceptors (Lipinski definition) is 2. The quantitative estimate of drug-likeness (QED) is 0.860. The molecule has 1 aliphatic rings. The third-order valence-corrected chi connectivity index (χ3v) is 4.04. The van der Waals surface area contributed by atoms with Crippen LogP contribution in [0, 0.1) is 17.7 Å². The van der Waals surface area contributed by atoms with Crippen molar-refractivity contribution in [2.24, 2.45) is 11.8 Å². The maximum Gasteiger partial charge on any atom is 0.338 e. The SMILES string of the molecule is CC1CCCC1CNCc1ccc(C(=O)O)c(F)c1. The number of rotatable bonds is 5. The third kappa shape index (κ3) is 3.53. The summed E-state index contributed by atoms with van der Waals surface area (Å²) < 4.78 is 13.5. The molecule has 2 N–H and O–H groups in total. The summed E-state index contributed by atoms with van der Waals surface area (Å²) in [6, 6.07) is 4.29. The largest absolute Gasteiger partial charge is 0.478 e. The van der Waals surface area contributed by atoms with Crippen molar-refractivity contribution in [3.63, 3.8) is 0 Å². The monoisotopic (exact) mass is 265 g/mol. The van der Waals surface area contributed by atoms with Crippen molar-refractivity contribution in [3.8, 4) is 0 Å². The highest BCUT2D eigenvalue weighted by molar-refractivity contribution is 5.87. The van der Waals surface area contributed by atoms with Gasteiger partial charge in [0.2, 0.25) is 0 Å². The highest BCUT2D eigenvalue weighted by Gasteiger charge is 2.22. The first-order valence-electron chi connectivity index (χ1n) is 6.80. The fourth-order valence-corrected chi connectivity index (χ4v) is 2.77. The average molecular weight is 265 g/mol. The van der Waals surface area contributed by atoms with Gasteiger partial charge in [0.15, 0.2) is 0 Å². The molecule has 1 aliphatic carbocycles. The van der Waals surface area contributed by atoms with Crippen LogP contribution in [0.25, 0.3) is 0 Å². The zero-order valence-corrected chi connectivity index (χ0v) is 11.2. The zero-order chi connectivity index (χ0) is 13.8. The molecule has 2 unspecified atom stereocenters. The summed E-state index contributed by atoms with van der Waals surface area (Å²) in [6.45, 7) is 3.81. The van der Waals surface area contributed by atoms with Crippen LogP contribution in [-0.4, -0.2) is 17.6 Å². The van der Waals surface area contributed by atoms with E-state index in [0.29, 0.717) is 12.5 Å². The van der Waals surface area contributed by atoms with Crippen molar-refractivity contribution in [2.75, 3.05) is 6.54 Å². The number of nitrogens with one attached hydrogen (secondary N) is 1. The summed E-state index contributed by atoms with van der Waals surface area (Å²) in [4.78, 5) is 10.7. The molecule has 1 fully saturated rings. The molecular weight excluding hydrogens is 245 g/mol. The van der Waals surface area contributed by atoms with Gasteiger partial charge in [0.05, 0.1) is 5.56 Å². The molecule has 1 aromatic carbocycles. The van der Waals surface area contributed by atoms with Gasteiger partial charge in [0.25, 0.3) is 0 Å². The first-order valence-corrected chi connectivity index (χ1v) is 6.80. The standard InChI is InChI=1S/C15H20FNO2/c1-10-3-2-4-12(10)9-17-8-11-5-6-13(15(18)19)14(16)7-11/h5-7,10,12,17H,2-4,8-9H2,1H3,(H,18,19). The number of hydrogen-bond donors (Lipinski definition) is 2. The Morgan fingerprint density at radius 3 is 2.84 bits per heavy atom. The zero-order valence-electron chi connectivity index (χ0n) is 11.2. The van der Waals surface area contributed by atoms with Crippen LogP contribution in [-0.2, 0) is 6.54 Å². The Morgan fingerprint density at radius 1 is 1.47 bits per heavy atom. The maximum absolute atomic E-state index is 13.5. The van der Waals surface area contributed by atoms with Gasteiger partial charge < -0.3 is 10.4 Å². The van der Waals surface area contributed by atoms with Crippen LogP contribution in [0.2, 0.25) is 0 Å². The lowest BCUT2D eigenvalue weighted by Gasteiger charge is -2.16. The average Bonchev–Trinajstić information content (AvgIpc) is 2.75. The summed E-state index contributed by atoms with van der Waals surface area (Å²) in [7, 11) is 0. The van der Waals surface area contributed by atoms with Crippen LogP contribution in [0.15, 0.2) is 18.2 Å². The number of carbonyl (C=O) groups is 1. The number of aromatic carboxylic acids is 1. The van der Waals surface area contributed by atoms with Gasteiger partial charge >= 0.3 is 5.97 Å². The first kappa shape index (κ1) is 14.0. The predicted molar refractivity (Wildman–Crippen MR) is 71.6 cm³/mol. The number of carboxylic acids is 1. The molecule has 0 saturated heterocycles. The van der Waals surface area contributed by atoms with Crippen molar-refractivity contribution in [3.05, 3.63) is 35.1 Å². The Kier molecular flexibility index (Phi) is 4.53. The van der Waals surface area contributed by atoms with Gasteiger partial charge in [-0.25, -0.2) is 9.18 Å². The molecule has 19 heavy (non-hydrogen) atoms. The lowest BCUT2D eigenvalue weighted by molar-refractivity contribution is 0.0692. The highest BCUT2D eigenvalue weighted by Crippen LogP contribution is 2.30. The molecule has 3 nitrogen and oxygen atoms in total. The molecule has 1 aromatic rings. The van der Waals surface area contributed by atoms with E-state index in [2.05, 4.69) is 12.2 Å². The first-order chi connectivity index (χ1) is 9.08. The topological polar surface area (TPSA) is 49.3 Å². The Labute approximate surface area is 112 Å². The summed E-state index contributed by atoms with van der Waals surface area (Å²) >= 11 is 0. The van der Waals surface area contributed by atoms with E-state index >= 15 is 0 Å². The molecule has 0 heterocycles. The Hall–Kier alpha value is -1.42. The van der Waals surface area contributed by atoms with Crippen LogP contribution in [0.3, 0.4) is 0 Å². The fourth-order valence-electron chi connectivity index (χ4n) is 2.77. The van der Waals surface area contributed by atoms with Crippen molar-refractivity contribution in [1.82, 2.24) is 5.32 Å². The highest BCUT2D eigenvalue weighted by atomic mass is 19.1. The minimum absolute atomic E-state index is 0.270. The summed E-state index contributed by atoms with van der Waals surface area (Å²) in [5, 5.41) is 12.1. The van der Waals surface area contributed by atoms with Gasteiger partial charge in [-0.1, -0.05) is 25.8 Å². The van der Waals surface area contributed by atoms with Gasteiger partial charge in [-0.2, -0.15) is 0 Å². The smallest absolute Gasteiger partial charge is 0.338 e. The predicted octanol–water partition coefficient (Wildman–Crippen LogP) is 3.05. The molecule has 1 saturated carbocycles. The minimum Gasteiger partial charge on any atom is -0.478 e. The summed E-state index contributed by atoms with van der Waals surface area (Å²) in [6.07, 6.45) is 3.87. The normalized spacial score (nSPS) is 22.6. The molecule has 2 atom stereocenters. The third-order valence-electron chi connectivity index (χ3n) is 4.04. The van der Waals surface area contributed by atoms with E-state index < -0.39 is 11.8 Å². The summed E-state index contributed by atoms with van der Waals surface area (Å²) in [5.41, 5.74) is 0.515. The van der Waals surface area contributed by atoms with E-state index in [1.807, 2.05) is 0 Å². The molecule has 104 valence electrons. The van der Waals surface area contributed by atoms with Crippen LogP contribution < -0.4 is 5.32 Å². The molecule has 0 aromatic heterocycles. The fraction of sp³-hybridized carbons (Fsp3) is 0.533. The molecular formula is C15H20FNO2. The number of carboxylic acid groups (broad SMARTS) is 1. The summed E-state index contributed by atoms with van der Waals surface area (Å²) in [5.74, 6) is -0.417. The lowest BCUT2D eigenvalue weighted by Crippen LogP contribution is -2.24. The van der Waals surface area contributed by atoms with Crippen LogP contribution in [0.5, 0.6) is 0 Å². The Balaban J connectivity index is 1.86. The van der Waals surface area contributed by atoms with E-state index in [-0.39, 0.29) is 5.56 Å². The van der Waals surface area contributed by atoms with Gasteiger partial charge in [-0.15, -0.1) is 0 Å². The molecule has 0 radical (unpaired) electrons. The second kappa shape index (κ2) is 6.15. The van der Waals surface area contributed by atoms with Gasteiger partial charge in [-0.05, 0) is 42.5 Å². The molecule has 4 heteroatoms. The minimum atomic E-state index is -1.23. The van der Waals surface area contributed by atoms with Crippen LogP contribution in [0.4, 0.5) is 4.39 Å². The molecule has 0 aliphatic heterocycles. The van der Waals surface area contributed by atoms with Gasteiger partial charge in [0.1, 0.15) is 5.82 Å². The molecule has 0 spiro atoms. The van der Waals surface area contributed by atoms with E-state index in [0.717, 1.165) is 18.0 Å². The van der Waals surface area contributed by atoms with Crippen molar-refractivity contribution in [2.45, 2.75) is 32.7 Å². The van der Waals surface area contributed by atoms with Crippen molar-refractivity contribution >= 4 is 5.97 Å². The van der Waals surface area contributed by atoms with E-state index in [1.165, 1.54) is 31.4 Å². The van der Waals surface area contributed by atoms with Crippen molar-refractivity contribution in [1.29, 1.82) is 0 Å². The Bertz CT molecular complexity index is 461. The van der Waals surface area contributed by atoms with Gasteiger partial charge in [-0.3, -0.25) is 0 Å². The molecule has 0 amide bonds. The van der Waals surface area contributed by atoms with Crippen molar-refractivity contribution < 1.29 is 14.3 Å². The molecule has 0 bridgehead atoms.